The standard InChI is InChI=1S/C17H22FNO/c1-12-11-14(18)8-9-15(12)17(20)19-10-4-6-13-5-2-3-7-16(13)19/h8-9,11,13,16H,2-7,10H2,1H3. The zero-order valence-corrected chi connectivity index (χ0v) is 12.1. The van der Waals surface area contributed by atoms with E-state index >= 15 is 0 Å². The first kappa shape index (κ1) is 13.6. The molecule has 1 heterocycles. The third-order valence-electron chi connectivity index (χ3n) is 4.92. The highest BCUT2D eigenvalue weighted by atomic mass is 19.1. The van der Waals surface area contributed by atoms with Crippen molar-refractivity contribution in [1.29, 1.82) is 0 Å². The summed E-state index contributed by atoms with van der Waals surface area (Å²) in [5.74, 6) is 0.509. The lowest BCUT2D eigenvalue weighted by atomic mass is 9.78. The van der Waals surface area contributed by atoms with Crippen LogP contribution in [0.2, 0.25) is 0 Å². The molecule has 108 valence electrons. The topological polar surface area (TPSA) is 20.3 Å². The van der Waals surface area contributed by atoms with Gasteiger partial charge in [0.05, 0.1) is 0 Å². The number of rotatable bonds is 1. The fourth-order valence-electron chi connectivity index (χ4n) is 3.90. The number of aryl methyl sites for hydroxylation is 1. The second kappa shape index (κ2) is 5.55. The third-order valence-corrected chi connectivity index (χ3v) is 4.92. The molecule has 3 heteroatoms. The molecular weight excluding hydrogens is 253 g/mol. The van der Waals surface area contributed by atoms with Crippen molar-refractivity contribution in [2.75, 3.05) is 6.54 Å². The molecule has 2 aliphatic rings. The summed E-state index contributed by atoms with van der Waals surface area (Å²) in [6.07, 6.45) is 7.30. The van der Waals surface area contributed by atoms with Crippen LogP contribution in [-0.2, 0) is 0 Å². The van der Waals surface area contributed by atoms with Crippen LogP contribution in [0.5, 0.6) is 0 Å². The lowest BCUT2D eigenvalue weighted by Crippen LogP contribution is -2.49. The summed E-state index contributed by atoms with van der Waals surface area (Å²) in [5, 5.41) is 0. The summed E-state index contributed by atoms with van der Waals surface area (Å²) in [4.78, 5) is 14.9. The van der Waals surface area contributed by atoms with Crippen LogP contribution < -0.4 is 0 Å². The molecule has 1 saturated heterocycles. The Hall–Kier alpha value is -1.38. The van der Waals surface area contributed by atoms with Gasteiger partial charge in [-0.25, -0.2) is 4.39 Å². The third kappa shape index (κ3) is 2.46. The van der Waals surface area contributed by atoms with E-state index in [0.29, 0.717) is 17.5 Å². The van der Waals surface area contributed by atoms with Gasteiger partial charge in [-0.1, -0.05) is 12.8 Å². The van der Waals surface area contributed by atoms with Crippen LogP contribution in [-0.4, -0.2) is 23.4 Å². The number of fused-ring (bicyclic) bond motifs is 1. The Morgan fingerprint density at radius 1 is 1.20 bits per heavy atom. The van der Waals surface area contributed by atoms with Crippen molar-refractivity contribution in [3.05, 3.63) is 35.1 Å². The molecule has 0 bridgehead atoms. The summed E-state index contributed by atoms with van der Waals surface area (Å²) in [7, 11) is 0. The minimum absolute atomic E-state index is 0.0964. The molecule has 1 amide bonds. The van der Waals surface area contributed by atoms with E-state index in [1.165, 1.54) is 37.8 Å². The molecule has 1 aliphatic heterocycles. The van der Waals surface area contributed by atoms with Gasteiger partial charge in [0.15, 0.2) is 0 Å². The number of benzene rings is 1. The Labute approximate surface area is 120 Å². The highest BCUT2D eigenvalue weighted by Crippen LogP contribution is 2.36. The first-order valence-electron chi connectivity index (χ1n) is 7.74. The Balaban J connectivity index is 1.85. The van der Waals surface area contributed by atoms with Crippen LogP contribution in [0.1, 0.15) is 54.4 Å². The molecule has 0 aromatic heterocycles. The molecule has 3 rings (SSSR count). The lowest BCUT2D eigenvalue weighted by Gasteiger charge is -2.44. The molecule has 20 heavy (non-hydrogen) atoms. The summed E-state index contributed by atoms with van der Waals surface area (Å²) < 4.78 is 13.2. The number of amides is 1. The lowest BCUT2D eigenvalue weighted by molar-refractivity contribution is 0.0390. The van der Waals surface area contributed by atoms with Crippen molar-refractivity contribution < 1.29 is 9.18 Å². The molecule has 2 unspecified atom stereocenters. The number of carbonyl (C=O) groups excluding carboxylic acids is 1. The van der Waals surface area contributed by atoms with Crippen LogP contribution in [0.3, 0.4) is 0 Å². The fraction of sp³-hybridized carbons (Fsp3) is 0.588. The van der Waals surface area contributed by atoms with Gasteiger partial charge in [-0.2, -0.15) is 0 Å². The first-order valence-corrected chi connectivity index (χ1v) is 7.74. The molecular formula is C17H22FNO. The molecule has 1 aromatic carbocycles. The van der Waals surface area contributed by atoms with E-state index in [0.717, 1.165) is 24.9 Å². The van der Waals surface area contributed by atoms with Crippen molar-refractivity contribution >= 4 is 5.91 Å². The number of nitrogens with zero attached hydrogens (tertiary/aromatic N) is 1. The molecule has 1 saturated carbocycles. The molecule has 1 aliphatic carbocycles. The maximum Gasteiger partial charge on any atom is 0.254 e. The average molecular weight is 275 g/mol. The molecule has 2 nitrogen and oxygen atoms in total. The molecule has 2 atom stereocenters. The number of hydrogen-bond acceptors (Lipinski definition) is 1. The summed E-state index contributed by atoms with van der Waals surface area (Å²) in [6.45, 7) is 2.68. The minimum Gasteiger partial charge on any atom is -0.335 e. The van der Waals surface area contributed by atoms with Crippen LogP contribution in [0.4, 0.5) is 4.39 Å². The van der Waals surface area contributed by atoms with Gasteiger partial charge in [0.2, 0.25) is 0 Å². The molecule has 0 N–H and O–H groups in total. The molecule has 1 aromatic rings. The average Bonchev–Trinajstić information content (AvgIpc) is 2.46. The van der Waals surface area contributed by atoms with E-state index < -0.39 is 0 Å². The maximum absolute atomic E-state index is 13.2. The minimum atomic E-state index is -0.270. The number of halogens is 1. The van der Waals surface area contributed by atoms with E-state index in [9.17, 15) is 9.18 Å². The van der Waals surface area contributed by atoms with Crippen LogP contribution in [0.15, 0.2) is 18.2 Å². The van der Waals surface area contributed by atoms with Gasteiger partial charge in [0.25, 0.3) is 5.91 Å². The van der Waals surface area contributed by atoms with Crippen LogP contribution in [0, 0.1) is 18.7 Å². The van der Waals surface area contributed by atoms with E-state index in [4.69, 9.17) is 0 Å². The summed E-state index contributed by atoms with van der Waals surface area (Å²) in [5.41, 5.74) is 1.41. The molecule has 2 fully saturated rings. The van der Waals surface area contributed by atoms with Crippen LogP contribution in [0.25, 0.3) is 0 Å². The van der Waals surface area contributed by atoms with Gasteiger partial charge in [-0.15, -0.1) is 0 Å². The summed E-state index contributed by atoms with van der Waals surface area (Å²) in [6, 6.07) is 4.90. The number of hydrogen-bond donors (Lipinski definition) is 0. The van der Waals surface area contributed by atoms with Gasteiger partial charge >= 0.3 is 0 Å². The quantitative estimate of drug-likeness (QED) is 0.760. The Bertz CT molecular complexity index is 512. The Morgan fingerprint density at radius 3 is 2.75 bits per heavy atom. The predicted octanol–water partition coefficient (Wildman–Crippen LogP) is 3.93. The SMILES string of the molecule is Cc1cc(F)ccc1C(=O)N1CCCC2CCCCC21. The van der Waals surface area contributed by atoms with Crippen molar-refractivity contribution in [3.63, 3.8) is 0 Å². The van der Waals surface area contributed by atoms with E-state index in [1.807, 2.05) is 6.92 Å². The molecule has 0 radical (unpaired) electrons. The zero-order valence-electron chi connectivity index (χ0n) is 12.1. The predicted molar refractivity (Wildman–Crippen MR) is 77.2 cm³/mol. The van der Waals surface area contributed by atoms with Crippen molar-refractivity contribution in [2.45, 2.75) is 51.5 Å². The molecule has 0 spiro atoms. The largest absolute Gasteiger partial charge is 0.335 e. The number of likely N-dealkylation sites (tertiary alicyclic amines) is 1. The van der Waals surface area contributed by atoms with Crippen molar-refractivity contribution in [2.24, 2.45) is 5.92 Å². The zero-order chi connectivity index (χ0) is 14.1. The van der Waals surface area contributed by atoms with Crippen molar-refractivity contribution in [3.8, 4) is 0 Å². The van der Waals surface area contributed by atoms with Gasteiger partial charge < -0.3 is 4.90 Å². The van der Waals surface area contributed by atoms with E-state index in [2.05, 4.69) is 4.90 Å². The normalized spacial score (nSPS) is 26.2. The van der Waals surface area contributed by atoms with Crippen LogP contribution >= 0.6 is 0 Å². The van der Waals surface area contributed by atoms with Gasteiger partial charge in [0, 0.05) is 18.2 Å². The fourth-order valence-corrected chi connectivity index (χ4v) is 3.90. The Kier molecular flexibility index (Phi) is 3.77. The summed E-state index contributed by atoms with van der Waals surface area (Å²) >= 11 is 0. The monoisotopic (exact) mass is 275 g/mol. The Morgan fingerprint density at radius 2 is 1.95 bits per heavy atom. The maximum atomic E-state index is 13.2. The first-order chi connectivity index (χ1) is 9.66. The number of piperidine rings is 1. The van der Waals surface area contributed by atoms with E-state index in [-0.39, 0.29) is 11.7 Å². The second-order valence-corrected chi connectivity index (χ2v) is 6.21. The van der Waals surface area contributed by atoms with Gasteiger partial charge in [-0.3, -0.25) is 4.79 Å². The van der Waals surface area contributed by atoms with Gasteiger partial charge in [0.1, 0.15) is 5.82 Å². The second-order valence-electron chi connectivity index (χ2n) is 6.21. The van der Waals surface area contributed by atoms with Crippen molar-refractivity contribution in [1.82, 2.24) is 4.90 Å². The van der Waals surface area contributed by atoms with Gasteiger partial charge in [-0.05, 0) is 62.3 Å². The highest BCUT2D eigenvalue weighted by Gasteiger charge is 2.36. The smallest absolute Gasteiger partial charge is 0.254 e. The van der Waals surface area contributed by atoms with E-state index in [1.54, 1.807) is 6.07 Å². The number of carbonyl (C=O) groups is 1. The highest BCUT2D eigenvalue weighted by molar-refractivity contribution is 5.95.